The summed E-state index contributed by atoms with van der Waals surface area (Å²) in [5.74, 6) is -2.42. The standard InChI is InChI=1S/C22H22F2N4O3S/c23-18-6-7-19(24)21(14-18)32(30,31)28-12-8-16(9-13-28)22(29)26-20-5-2-1-4-17(20)15-27-11-3-10-25-27/h1-7,10-11,14,16H,8-9,12-13,15H2,(H,26,29). The molecular formula is C22H22F2N4O3S. The predicted molar refractivity (Wildman–Crippen MR) is 114 cm³/mol. The second-order valence-corrected chi connectivity index (χ2v) is 9.51. The smallest absolute Gasteiger partial charge is 0.246 e. The monoisotopic (exact) mass is 460 g/mol. The molecule has 2 aromatic carbocycles. The largest absolute Gasteiger partial charge is 0.326 e. The van der Waals surface area contributed by atoms with Gasteiger partial charge in [0.05, 0.1) is 6.54 Å². The Kier molecular flexibility index (Phi) is 6.33. The highest BCUT2D eigenvalue weighted by atomic mass is 32.2. The lowest BCUT2D eigenvalue weighted by molar-refractivity contribution is -0.120. The van der Waals surface area contributed by atoms with Crippen LogP contribution < -0.4 is 5.32 Å². The van der Waals surface area contributed by atoms with E-state index in [1.54, 1.807) is 10.9 Å². The van der Waals surface area contributed by atoms with E-state index in [0.717, 1.165) is 22.0 Å². The Labute approximate surface area is 184 Å². The molecule has 0 bridgehead atoms. The fraction of sp³-hybridized carbons (Fsp3) is 0.273. The van der Waals surface area contributed by atoms with Crippen LogP contribution in [-0.4, -0.2) is 41.5 Å². The second-order valence-electron chi connectivity index (χ2n) is 7.60. The molecule has 0 aliphatic carbocycles. The first-order valence-electron chi connectivity index (χ1n) is 10.2. The Bertz CT molecular complexity index is 1210. The minimum absolute atomic E-state index is 0.0469. The molecule has 0 radical (unpaired) electrons. The Morgan fingerprint density at radius 3 is 2.56 bits per heavy atom. The highest BCUT2D eigenvalue weighted by Crippen LogP contribution is 2.27. The van der Waals surface area contributed by atoms with Crippen molar-refractivity contribution in [1.82, 2.24) is 14.1 Å². The summed E-state index contributed by atoms with van der Waals surface area (Å²) in [4.78, 5) is 12.1. The van der Waals surface area contributed by atoms with Gasteiger partial charge in [0.25, 0.3) is 0 Å². The van der Waals surface area contributed by atoms with Crippen molar-refractivity contribution in [3.8, 4) is 0 Å². The van der Waals surface area contributed by atoms with Crippen molar-refractivity contribution in [3.05, 3.63) is 78.1 Å². The molecule has 10 heteroatoms. The van der Waals surface area contributed by atoms with Crippen molar-refractivity contribution in [2.24, 2.45) is 5.92 Å². The van der Waals surface area contributed by atoms with E-state index in [4.69, 9.17) is 0 Å². The molecule has 7 nitrogen and oxygen atoms in total. The molecule has 0 saturated carbocycles. The highest BCUT2D eigenvalue weighted by molar-refractivity contribution is 7.89. The molecule has 1 aliphatic rings. The Morgan fingerprint density at radius 1 is 1.09 bits per heavy atom. The van der Waals surface area contributed by atoms with Gasteiger partial charge in [-0.1, -0.05) is 18.2 Å². The van der Waals surface area contributed by atoms with Gasteiger partial charge in [-0.15, -0.1) is 0 Å². The quantitative estimate of drug-likeness (QED) is 0.612. The van der Waals surface area contributed by atoms with E-state index >= 15 is 0 Å². The highest BCUT2D eigenvalue weighted by Gasteiger charge is 2.34. The van der Waals surface area contributed by atoms with E-state index in [1.165, 1.54) is 0 Å². The first-order valence-corrected chi connectivity index (χ1v) is 11.6. The van der Waals surface area contributed by atoms with Crippen molar-refractivity contribution in [2.45, 2.75) is 24.3 Å². The summed E-state index contributed by atoms with van der Waals surface area (Å²) in [5.41, 5.74) is 1.57. The minimum atomic E-state index is -4.18. The summed E-state index contributed by atoms with van der Waals surface area (Å²) in [7, 11) is -4.18. The van der Waals surface area contributed by atoms with Crippen LogP contribution in [0.4, 0.5) is 14.5 Å². The summed E-state index contributed by atoms with van der Waals surface area (Å²) in [5, 5.41) is 7.12. The molecule has 4 rings (SSSR count). The lowest BCUT2D eigenvalue weighted by atomic mass is 9.97. The third-order valence-corrected chi connectivity index (χ3v) is 7.42. The van der Waals surface area contributed by atoms with E-state index in [2.05, 4.69) is 10.4 Å². The van der Waals surface area contributed by atoms with Gasteiger partial charge in [0.2, 0.25) is 15.9 Å². The summed E-state index contributed by atoms with van der Waals surface area (Å²) >= 11 is 0. The molecule has 2 heterocycles. The van der Waals surface area contributed by atoms with Crippen LogP contribution in [-0.2, 0) is 21.4 Å². The molecule has 1 amide bonds. The van der Waals surface area contributed by atoms with E-state index in [9.17, 15) is 22.0 Å². The molecule has 0 spiro atoms. The zero-order chi connectivity index (χ0) is 22.7. The van der Waals surface area contributed by atoms with Crippen molar-refractivity contribution in [1.29, 1.82) is 0 Å². The maximum atomic E-state index is 14.0. The predicted octanol–water partition coefficient (Wildman–Crippen LogP) is 3.25. The SMILES string of the molecule is O=C(Nc1ccccc1Cn1cccn1)C1CCN(S(=O)(=O)c2cc(F)ccc2F)CC1. The topological polar surface area (TPSA) is 84.3 Å². The van der Waals surface area contributed by atoms with Crippen LogP contribution in [0, 0.1) is 17.6 Å². The molecule has 0 atom stereocenters. The molecule has 0 unspecified atom stereocenters. The average molecular weight is 461 g/mol. The Balaban J connectivity index is 1.41. The average Bonchev–Trinajstić information content (AvgIpc) is 3.30. The number of hydrogen-bond donors (Lipinski definition) is 1. The fourth-order valence-electron chi connectivity index (χ4n) is 3.76. The van der Waals surface area contributed by atoms with Crippen LogP contribution in [0.1, 0.15) is 18.4 Å². The molecule has 3 aromatic rings. The first-order chi connectivity index (χ1) is 15.3. The van der Waals surface area contributed by atoms with Gasteiger partial charge < -0.3 is 5.32 Å². The number of halogens is 2. The first kappa shape index (κ1) is 22.1. The summed E-state index contributed by atoms with van der Waals surface area (Å²) in [6, 6.07) is 11.6. The fourth-order valence-corrected chi connectivity index (χ4v) is 5.30. The molecule has 32 heavy (non-hydrogen) atoms. The van der Waals surface area contributed by atoms with E-state index in [0.29, 0.717) is 18.3 Å². The van der Waals surface area contributed by atoms with Gasteiger partial charge >= 0.3 is 0 Å². The van der Waals surface area contributed by atoms with Gasteiger partial charge in [0, 0.05) is 37.1 Å². The number of rotatable bonds is 6. The number of nitrogens with one attached hydrogen (secondary N) is 1. The third-order valence-electron chi connectivity index (χ3n) is 5.50. The van der Waals surface area contributed by atoms with Crippen LogP contribution in [0.3, 0.4) is 0 Å². The maximum Gasteiger partial charge on any atom is 0.246 e. The molecule has 1 N–H and O–H groups in total. The van der Waals surface area contributed by atoms with Crippen LogP contribution in [0.2, 0.25) is 0 Å². The molecule has 1 aromatic heterocycles. The number of para-hydroxylation sites is 1. The van der Waals surface area contributed by atoms with Crippen LogP contribution >= 0.6 is 0 Å². The number of nitrogens with zero attached hydrogens (tertiary/aromatic N) is 3. The zero-order valence-electron chi connectivity index (χ0n) is 17.1. The molecule has 1 fully saturated rings. The molecule has 1 saturated heterocycles. The Hall–Kier alpha value is -3.11. The zero-order valence-corrected chi connectivity index (χ0v) is 17.9. The van der Waals surface area contributed by atoms with Crippen molar-refractivity contribution in [3.63, 3.8) is 0 Å². The summed E-state index contributed by atoms with van der Waals surface area (Å²) in [6.45, 7) is 0.593. The number of carbonyl (C=O) groups is 1. The van der Waals surface area contributed by atoms with Crippen molar-refractivity contribution < 1.29 is 22.0 Å². The van der Waals surface area contributed by atoms with Crippen molar-refractivity contribution >= 4 is 21.6 Å². The van der Waals surface area contributed by atoms with Crippen molar-refractivity contribution in [2.75, 3.05) is 18.4 Å². The number of piperidine rings is 1. The Morgan fingerprint density at radius 2 is 1.84 bits per heavy atom. The van der Waals surface area contributed by atoms with Crippen LogP contribution in [0.25, 0.3) is 0 Å². The van der Waals surface area contributed by atoms with E-state index in [1.807, 2.05) is 36.5 Å². The van der Waals surface area contributed by atoms with E-state index in [-0.39, 0.29) is 31.8 Å². The van der Waals surface area contributed by atoms with E-state index < -0.39 is 32.5 Å². The van der Waals surface area contributed by atoms with Crippen LogP contribution in [0.5, 0.6) is 0 Å². The number of aromatic nitrogens is 2. The molecule has 1 aliphatic heterocycles. The van der Waals surface area contributed by atoms with Gasteiger partial charge in [-0.05, 0) is 48.7 Å². The number of anilines is 1. The number of amides is 1. The second kappa shape index (κ2) is 9.17. The summed E-state index contributed by atoms with van der Waals surface area (Å²) in [6.07, 6.45) is 4.07. The minimum Gasteiger partial charge on any atom is -0.326 e. The molecular weight excluding hydrogens is 438 g/mol. The number of carbonyl (C=O) groups excluding carboxylic acids is 1. The molecule has 168 valence electrons. The van der Waals surface area contributed by atoms with Gasteiger partial charge in [-0.2, -0.15) is 9.40 Å². The van der Waals surface area contributed by atoms with Gasteiger partial charge in [-0.25, -0.2) is 17.2 Å². The summed E-state index contributed by atoms with van der Waals surface area (Å²) < 4.78 is 55.8. The van der Waals surface area contributed by atoms with Crippen LogP contribution in [0.15, 0.2) is 65.8 Å². The number of sulfonamides is 1. The van der Waals surface area contributed by atoms with Gasteiger partial charge in [0.15, 0.2) is 0 Å². The number of benzene rings is 2. The normalized spacial score (nSPS) is 15.6. The van der Waals surface area contributed by atoms with Gasteiger partial charge in [-0.3, -0.25) is 9.48 Å². The maximum absolute atomic E-state index is 14.0. The lowest BCUT2D eigenvalue weighted by Gasteiger charge is -2.30. The third kappa shape index (κ3) is 4.71. The van der Waals surface area contributed by atoms with Gasteiger partial charge in [0.1, 0.15) is 16.5 Å². The number of hydrogen-bond acceptors (Lipinski definition) is 4. The lowest BCUT2D eigenvalue weighted by Crippen LogP contribution is -2.41.